The molecule has 0 saturated carbocycles. The molecule has 0 heterocycles. The molecule has 0 saturated heterocycles. The van der Waals surface area contributed by atoms with Crippen molar-refractivity contribution in [1.29, 1.82) is 0 Å². The molecule has 1 aromatic carbocycles. The summed E-state index contributed by atoms with van der Waals surface area (Å²) in [7, 11) is 0. The van der Waals surface area contributed by atoms with Gasteiger partial charge in [0.05, 0.1) is 13.2 Å². The second-order valence-corrected chi connectivity index (χ2v) is 3.98. The first-order valence-electron chi connectivity index (χ1n) is 6.45. The normalized spacial score (nSPS) is 10.4. The van der Waals surface area contributed by atoms with Gasteiger partial charge in [-0.1, -0.05) is 13.3 Å². The van der Waals surface area contributed by atoms with Crippen molar-refractivity contribution in [2.24, 2.45) is 0 Å². The van der Waals surface area contributed by atoms with E-state index in [1.165, 1.54) is 6.07 Å². The SMILES string of the molecule is CCCCc1c([O-])c([O-])cc(OCC)c1OCC. The Bertz CT molecular complexity index is 388. The van der Waals surface area contributed by atoms with Gasteiger partial charge in [-0.3, -0.25) is 0 Å². The Kier molecular flexibility index (Phi) is 5.62. The lowest BCUT2D eigenvalue weighted by Gasteiger charge is -2.27. The van der Waals surface area contributed by atoms with Crippen LogP contribution in [0.1, 0.15) is 39.2 Å². The molecule has 0 spiro atoms. The number of hydrogen-bond acceptors (Lipinski definition) is 4. The van der Waals surface area contributed by atoms with Crippen molar-refractivity contribution in [3.8, 4) is 23.0 Å². The Morgan fingerprint density at radius 1 is 1.06 bits per heavy atom. The molecule has 0 N–H and O–H groups in total. The fourth-order valence-electron chi connectivity index (χ4n) is 1.80. The van der Waals surface area contributed by atoms with E-state index in [2.05, 4.69) is 0 Å². The Labute approximate surface area is 108 Å². The predicted molar refractivity (Wildman–Crippen MR) is 66.3 cm³/mol. The summed E-state index contributed by atoms with van der Waals surface area (Å²) < 4.78 is 10.9. The van der Waals surface area contributed by atoms with Crippen molar-refractivity contribution < 1.29 is 19.7 Å². The van der Waals surface area contributed by atoms with Crippen LogP contribution in [0.3, 0.4) is 0 Å². The van der Waals surface area contributed by atoms with Gasteiger partial charge in [0, 0.05) is 0 Å². The summed E-state index contributed by atoms with van der Waals surface area (Å²) in [4.78, 5) is 0. The Balaban J connectivity index is 3.22. The van der Waals surface area contributed by atoms with Gasteiger partial charge in [-0.2, -0.15) is 0 Å². The average Bonchev–Trinajstić information content (AvgIpc) is 2.35. The maximum Gasteiger partial charge on any atom is 0.163 e. The highest BCUT2D eigenvalue weighted by atomic mass is 16.5. The second-order valence-electron chi connectivity index (χ2n) is 3.98. The molecule has 1 aromatic rings. The van der Waals surface area contributed by atoms with Crippen molar-refractivity contribution in [3.05, 3.63) is 11.6 Å². The van der Waals surface area contributed by atoms with Crippen LogP contribution in [0.15, 0.2) is 6.07 Å². The number of rotatable bonds is 7. The van der Waals surface area contributed by atoms with Crippen LogP contribution in [0.5, 0.6) is 23.0 Å². The van der Waals surface area contributed by atoms with E-state index < -0.39 is 11.5 Å². The lowest BCUT2D eigenvalue weighted by atomic mass is 10.0. The van der Waals surface area contributed by atoms with Crippen molar-refractivity contribution in [2.75, 3.05) is 13.2 Å². The summed E-state index contributed by atoms with van der Waals surface area (Å²) in [5, 5.41) is 23.5. The van der Waals surface area contributed by atoms with E-state index in [4.69, 9.17) is 9.47 Å². The first-order chi connectivity index (χ1) is 8.65. The van der Waals surface area contributed by atoms with E-state index in [9.17, 15) is 10.2 Å². The van der Waals surface area contributed by atoms with E-state index in [-0.39, 0.29) is 0 Å². The summed E-state index contributed by atoms with van der Waals surface area (Å²) in [6, 6.07) is 1.23. The molecule has 0 atom stereocenters. The van der Waals surface area contributed by atoms with Crippen molar-refractivity contribution in [1.82, 2.24) is 0 Å². The molecule has 0 amide bonds. The monoisotopic (exact) mass is 252 g/mol. The van der Waals surface area contributed by atoms with Crippen LogP contribution in [-0.2, 0) is 6.42 Å². The smallest absolute Gasteiger partial charge is 0.163 e. The second kappa shape index (κ2) is 6.99. The van der Waals surface area contributed by atoms with E-state index in [1.54, 1.807) is 0 Å². The molecule has 1 rings (SSSR count). The van der Waals surface area contributed by atoms with Crippen LogP contribution in [0.4, 0.5) is 0 Å². The molecule has 102 valence electrons. The number of ether oxygens (including phenoxy) is 2. The summed E-state index contributed by atoms with van der Waals surface area (Å²) in [6.45, 7) is 6.59. The molecular weight excluding hydrogens is 232 g/mol. The van der Waals surface area contributed by atoms with Crippen LogP contribution < -0.4 is 19.7 Å². The molecule has 18 heavy (non-hydrogen) atoms. The van der Waals surface area contributed by atoms with Crippen molar-refractivity contribution >= 4 is 0 Å². The quantitative estimate of drug-likeness (QED) is 0.744. The first kappa shape index (κ1) is 14.5. The van der Waals surface area contributed by atoms with Crippen molar-refractivity contribution in [2.45, 2.75) is 40.0 Å². The minimum absolute atomic E-state index is 0.384. The molecule has 0 aliphatic heterocycles. The van der Waals surface area contributed by atoms with Crippen LogP contribution in [0.2, 0.25) is 0 Å². The number of benzene rings is 1. The topological polar surface area (TPSA) is 64.6 Å². The van der Waals surface area contributed by atoms with Crippen LogP contribution in [0.25, 0.3) is 0 Å². The lowest BCUT2D eigenvalue weighted by molar-refractivity contribution is -0.318. The molecule has 0 fully saturated rings. The summed E-state index contributed by atoms with van der Waals surface area (Å²) in [5.74, 6) is -0.157. The highest BCUT2D eigenvalue weighted by molar-refractivity contribution is 5.59. The molecule has 0 aromatic heterocycles. The Hall–Kier alpha value is -1.58. The maximum absolute atomic E-state index is 11.9. The molecule has 4 nitrogen and oxygen atoms in total. The van der Waals surface area contributed by atoms with E-state index in [0.717, 1.165) is 12.8 Å². The zero-order chi connectivity index (χ0) is 13.5. The molecule has 0 unspecified atom stereocenters. The van der Waals surface area contributed by atoms with Gasteiger partial charge in [-0.25, -0.2) is 0 Å². The standard InChI is InChI=1S/C14H22O4/c1-4-7-8-10-13(16)11(15)9-12(17-5-2)14(10)18-6-3/h9,15-16H,4-8H2,1-3H3/p-2. The van der Waals surface area contributed by atoms with Gasteiger partial charge in [0.15, 0.2) is 11.5 Å². The molecular formula is C14H20O4-2. The summed E-state index contributed by atoms with van der Waals surface area (Å²) in [5.41, 5.74) is 0.453. The van der Waals surface area contributed by atoms with Crippen LogP contribution in [-0.4, -0.2) is 13.2 Å². The summed E-state index contributed by atoms with van der Waals surface area (Å²) >= 11 is 0. The van der Waals surface area contributed by atoms with Crippen LogP contribution >= 0.6 is 0 Å². The lowest BCUT2D eigenvalue weighted by Crippen LogP contribution is -2.09. The summed E-state index contributed by atoms with van der Waals surface area (Å²) in [6.07, 6.45) is 2.36. The van der Waals surface area contributed by atoms with Gasteiger partial charge in [0.2, 0.25) is 0 Å². The zero-order valence-corrected chi connectivity index (χ0v) is 11.2. The Morgan fingerprint density at radius 3 is 2.28 bits per heavy atom. The van der Waals surface area contributed by atoms with E-state index in [0.29, 0.717) is 36.7 Å². The van der Waals surface area contributed by atoms with Gasteiger partial charge < -0.3 is 19.7 Å². The number of hydrogen-bond donors (Lipinski definition) is 0. The molecule has 0 aliphatic carbocycles. The minimum Gasteiger partial charge on any atom is -0.873 e. The fraction of sp³-hybridized carbons (Fsp3) is 0.571. The minimum atomic E-state index is -0.520. The van der Waals surface area contributed by atoms with Gasteiger partial charge in [-0.15, -0.1) is 11.5 Å². The van der Waals surface area contributed by atoms with Crippen molar-refractivity contribution in [3.63, 3.8) is 0 Å². The third-order valence-corrected chi connectivity index (χ3v) is 2.63. The molecule has 0 bridgehead atoms. The zero-order valence-electron chi connectivity index (χ0n) is 11.2. The van der Waals surface area contributed by atoms with Gasteiger partial charge in [-0.05, 0) is 38.3 Å². The van der Waals surface area contributed by atoms with E-state index in [1.807, 2.05) is 20.8 Å². The van der Waals surface area contributed by atoms with Crippen LogP contribution in [0, 0.1) is 0 Å². The van der Waals surface area contributed by atoms with Gasteiger partial charge in [0.1, 0.15) is 0 Å². The molecule has 0 aliphatic rings. The average molecular weight is 252 g/mol. The fourth-order valence-corrected chi connectivity index (χ4v) is 1.80. The van der Waals surface area contributed by atoms with E-state index >= 15 is 0 Å². The third-order valence-electron chi connectivity index (χ3n) is 2.63. The predicted octanol–water partition coefficient (Wildman–Crippen LogP) is 1.97. The first-order valence-corrected chi connectivity index (χ1v) is 6.45. The van der Waals surface area contributed by atoms with Gasteiger partial charge >= 0.3 is 0 Å². The largest absolute Gasteiger partial charge is 0.873 e. The highest BCUT2D eigenvalue weighted by Gasteiger charge is 2.12. The Morgan fingerprint density at radius 2 is 1.72 bits per heavy atom. The number of unbranched alkanes of at least 4 members (excludes halogenated alkanes) is 1. The molecule has 0 radical (unpaired) electrons. The molecule has 4 heteroatoms. The third kappa shape index (κ3) is 3.22. The van der Waals surface area contributed by atoms with Gasteiger partial charge in [0.25, 0.3) is 0 Å². The highest BCUT2D eigenvalue weighted by Crippen LogP contribution is 2.41. The maximum atomic E-state index is 11.9.